The van der Waals surface area contributed by atoms with E-state index in [-0.39, 0.29) is 0 Å². The topological polar surface area (TPSA) is 59.0 Å². The van der Waals surface area contributed by atoms with Gasteiger partial charge in [-0.3, -0.25) is 9.69 Å². The molecule has 1 aliphatic heterocycles. The zero-order chi connectivity index (χ0) is 14.9. The van der Waals surface area contributed by atoms with Crippen LogP contribution in [0.15, 0.2) is 16.6 Å². The van der Waals surface area contributed by atoms with E-state index in [1.54, 1.807) is 25.8 Å². The highest BCUT2D eigenvalue weighted by Crippen LogP contribution is 2.36. The maximum absolute atomic E-state index is 11.3. The normalized spacial score (nSPS) is 14.4. The molecule has 1 aromatic rings. The lowest BCUT2D eigenvalue weighted by Gasteiger charge is -2.32. The van der Waals surface area contributed by atoms with Crippen LogP contribution in [0, 0.1) is 0 Å². The molecule has 0 saturated carbocycles. The molecule has 0 spiro atoms. The van der Waals surface area contributed by atoms with Crippen LogP contribution >= 0.6 is 15.9 Å². The summed E-state index contributed by atoms with van der Waals surface area (Å²) in [6.45, 7) is 4.94. The van der Waals surface area contributed by atoms with Gasteiger partial charge in [0.2, 0.25) is 0 Å². The van der Waals surface area contributed by atoms with Crippen LogP contribution in [0.2, 0.25) is 0 Å². The van der Waals surface area contributed by atoms with Crippen LogP contribution in [0.4, 0.5) is 0 Å². The van der Waals surface area contributed by atoms with Gasteiger partial charge in [-0.15, -0.1) is 0 Å². The molecule has 0 aliphatic carbocycles. The first-order chi connectivity index (χ1) is 9.32. The molecule has 1 aliphatic rings. The number of nitrogens with zero attached hydrogens (tertiary/aromatic N) is 1. The number of benzene rings is 1. The Hall–Kier alpha value is -1.27. The lowest BCUT2D eigenvalue weighted by atomic mass is 10.0. The number of carboxylic acids is 1. The minimum Gasteiger partial charge on any atom is -0.486 e. The summed E-state index contributed by atoms with van der Waals surface area (Å²) in [6, 6.07) is 3.76. The van der Waals surface area contributed by atoms with Gasteiger partial charge in [-0.25, -0.2) is 0 Å². The Labute approximate surface area is 126 Å². The Morgan fingerprint density at radius 3 is 2.45 bits per heavy atom. The smallest absolute Gasteiger partial charge is 0.323 e. The first-order valence-corrected chi connectivity index (χ1v) is 7.14. The Bertz CT molecular complexity index is 530. The lowest BCUT2D eigenvalue weighted by molar-refractivity contribution is -0.148. The quantitative estimate of drug-likeness (QED) is 0.910. The largest absolute Gasteiger partial charge is 0.486 e. The summed E-state index contributed by atoms with van der Waals surface area (Å²) in [5.41, 5.74) is 0.0262. The molecule has 0 unspecified atom stereocenters. The third-order valence-corrected chi connectivity index (χ3v) is 4.33. The number of fused-ring (bicyclic) bond motifs is 1. The standard InChI is InChI=1S/C14H18BrNO4/c1-14(2,13(17)18)16(3)8-9-6-11-12(7-10(9)15)20-5-4-19-11/h6-7H,4-5,8H2,1-3H3,(H,17,18). The van der Waals surface area contributed by atoms with Crippen molar-refractivity contribution in [2.45, 2.75) is 25.9 Å². The van der Waals surface area contributed by atoms with Crippen LogP contribution in [0.25, 0.3) is 0 Å². The van der Waals surface area contributed by atoms with Crippen molar-refractivity contribution in [3.05, 3.63) is 22.2 Å². The van der Waals surface area contributed by atoms with Crippen molar-refractivity contribution in [1.29, 1.82) is 0 Å². The van der Waals surface area contributed by atoms with Crippen LogP contribution in [-0.4, -0.2) is 41.8 Å². The van der Waals surface area contributed by atoms with E-state index in [4.69, 9.17) is 9.47 Å². The predicted molar refractivity (Wildman–Crippen MR) is 78.3 cm³/mol. The molecule has 0 aromatic heterocycles. The number of hydrogen-bond acceptors (Lipinski definition) is 4. The molecule has 1 heterocycles. The summed E-state index contributed by atoms with van der Waals surface area (Å²) in [6.07, 6.45) is 0. The van der Waals surface area contributed by atoms with Gasteiger partial charge in [-0.1, -0.05) is 15.9 Å². The fourth-order valence-corrected chi connectivity index (χ4v) is 2.29. The average Bonchev–Trinajstić information content (AvgIpc) is 2.39. The number of rotatable bonds is 4. The first kappa shape index (κ1) is 15.1. The molecule has 0 radical (unpaired) electrons. The highest BCUT2D eigenvalue weighted by atomic mass is 79.9. The summed E-state index contributed by atoms with van der Waals surface area (Å²) in [4.78, 5) is 13.1. The Morgan fingerprint density at radius 2 is 1.90 bits per heavy atom. The van der Waals surface area contributed by atoms with E-state index < -0.39 is 11.5 Å². The van der Waals surface area contributed by atoms with Crippen molar-refractivity contribution in [1.82, 2.24) is 4.90 Å². The molecule has 0 fully saturated rings. The summed E-state index contributed by atoms with van der Waals surface area (Å²) in [5, 5.41) is 9.25. The second-order valence-corrected chi connectivity index (χ2v) is 6.16. The Morgan fingerprint density at radius 1 is 1.35 bits per heavy atom. The molecule has 5 nitrogen and oxygen atoms in total. The first-order valence-electron chi connectivity index (χ1n) is 6.35. The van der Waals surface area contributed by atoms with Gasteiger partial charge in [-0.05, 0) is 38.6 Å². The molecule has 0 atom stereocenters. The van der Waals surface area contributed by atoms with Gasteiger partial charge < -0.3 is 14.6 Å². The van der Waals surface area contributed by atoms with Crippen molar-refractivity contribution in [3.8, 4) is 11.5 Å². The van der Waals surface area contributed by atoms with Crippen molar-refractivity contribution in [2.24, 2.45) is 0 Å². The summed E-state index contributed by atoms with van der Waals surface area (Å²) in [5.74, 6) is 0.566. The third kappa shape index (κ3) is 2.91. The van der Waals surface area contributed by atoms with Gasteiger partial charge in [0, 0.05) is 11.0 Å². The van der Waals surface area contributed by atoms with Gasteiger partial charge in [0.05, 0.1) is 0 Å². The minimum atomic E-state index is -0.938. The fraction of sp³-hybridized carbons (Fsp3) is 0.500. The van der Waals surface area contributed by atoms with Crippen molar-refractivity contribution in [2.75, 3.05) is 20.3 Å². The van der Waals surface area contributed by atoms with Crippen LogP contribution in [-0.2, 0) is 11.3 Å². The van der Waals surface area contributed by atoms with Crippen LogP contribution in [0.3, 0.4) is 0 Å². The predicted octanol–water partition coefficient (Wildman–Crippen LogP) is 2.52. The SMILES string of the molecule is CN(Cc1cc2c(cc1Br)OCCO2)C(C)(C)C(=O)O. The van der Waals surface area contributed by atoms with E-state index in [0.29, 0.717) is 31.3 Å². The van der Waals surface area contributed by atoms with E-state index in [0.717, 1.165) is 10.0 Å². The molecule has 0 saturated heterocycles. The number of hydrogen-bond donors (Lipinski definition) is 1. The number of aliphatic carboxylic acids is 1. The van der Waals surface area contributed by atoms with E-state index in [1.165, 1.54) is 0 Å². The number of ether oxygens (including phenoxy) is 2. The number of carboxylic acid groups (broad SMARTS) is 1. The second-order valence-electron chi connectivity index (χ2n) is 5.31. The van der Waals surface area contributed by atoms with Crippen LogP contribution < -0.4 is 9.47 Å². The van der Waals surface area contributed by atoms with E-state index in [1.807, 2.05) is 12.1 Å². The molecule has 2 rings (SSSR count). The maximum atomic E-state index is 11.3. The molecule has 110 valence electrons. The molecule has 0 amide bonds. The maximum Gasteiger partial charge on any atom is 0.323 e. The van der Waals surface area contributed by atoms with Gasteiger partial charge in [0.1, 0.15) is 18.8 Å². The molecular formula is C14H18BrNO4. The van der Waals surface area contributed by atoms with Gasteiger partial charge in [0.15, 0.2) is 11.5 Å². The van der Waals surface area contributed by atoms with Crippen LogP contribution in [0.5, 0.6) is 11.5 Å². The summed E-state index contributed by atoms with van der Waals surface area (Å²) < 4.78 is 11.9. The lowest BCUT2D eigenvalue weighted by Crippen LogP contribution is -2.47. The Balaban J connectivity index is 2.23. The number of likely N-dealkylation sites (N-methyl/N-ethyl adjacent to an activating group) is 1. The minimum absolute atomic E-state index is 0.497. The molecule has 20 heavy (non-hydrogen) atoms. The number of carbonyl (C=O) groups is 1. The summed E-state index contributed by atoms with van der Waals surface area (Å²) in [7, 11) is 1.79. The second kappa shape index (κ2) is 5.61. The monoisotopic (exact) mass is 343 g/mol. The molecule has 0 bridgehead atoms. The average molecular weight is 344 g/mol. The van der Waals surface area contributed by atoms with Gasteiger partial charge >= 0.3 is 5.97 Å². The molecule has 1 N–H and O–H groups in total. The van der Waals surface area contributed by atoms with Gasteiger partial charge in [-0.2, -0.15) is 0 Å². The van der Waals surface area contributed by atoms with Crippen molar-refractivity contribution >= 4 is 21.9 Å². The molecule has 6 heteroatoms. The van der Waals surface area contributed by atoms with E-state index >= 15 is 0 Å². The highest BCUT2D eigenvalue weighted by molar-refractivity contribution is 9.10. The third-order valence-electron chi connectivity index (χ3n) is 3.60. The van der Waals surface area contributed by atoms with Crippen molar-refractivity contribution < 1.29 is 19.4 Å². The Kier molecular flexibility index (Phi) is 4.25. The fourth-order valence-electron chi connectivity index (χ4n) is 1.84. The number of halogens is 1. The molecule has 1 aromatic carbocycles. The van der Waals surface area contributed by atoms with E-state index in [9.17, 15) is 9.90 Å². The molecular weight excluding hydrogens is 326 g/mol. The summed E-state index contributed by atoms with van der Waals surface area (Å²) >= 11 is 3.50. The highest BCUT2D eigenvalue weighted by Gasteiger charge is 2.32. The van der Waals surface area contributed by atoms with Crippen LogP contribution in [0.1, 0.15) is 19.4 Å². The van der Waals surface area contributed by atoms with Gasteiger partial charge in [0.25, 0.3) is 0 Å². The van der Waals surface area contributed by atoms with E-state index in [2.05, 4.69) is 15.9 Å². The zero-order valence-corrected chi connectivity index (χ0v) is 13.4. The zero-order valence-electron chi connectivity index (χ0n) is 11.8. The van der Waals surface area contributed by atoms with Crippen molar-refractivity contribution in [3.63, 3.8) is 0 Å².